The fourth-order valence-electron chi connectivity index (χ4n) is 4.46. The van der Waals surface area contributed by atoms with Crippen molar-refractivity contribution in [2.24, 2.45) is 0 Å². The molecule has 1 amide bonds. The zero-order valence-electron chi connectivity index (χ0n) is 18.8. The molecule has 0 saturated carbocycles. The number of aromatic nitrogens is 1. The highest BCUT2D eigenvalue weighted by atomic mass is 35.5. The summed E-state index contributed by atoms with van der Waals surface area (Å²) >= 11 is 7.80. The van der Waals surface area contributed by atoms with Crippen molar-refractivity contribution in [1.29, 1.82) is 0 Å². The van der Waals surface area contributed by atoms with E-state index in [-0.39, 0.29) is 6.42 Å². The Morgan fingerprint density at radius 1 is 1.26 bits per heavy atom. The van der Waals surface area contributed by atoms with Crippen LogP contribution in [-0.2, 0) is 11.3 Å². The third kappa shape index (κ3) is 4.75. The van der Waals surface area contributed by atoms with Crippen LogP contribution in [0.1, 0.15) is 21.7 Å². The van der Waals surface area contributed by atoms with Gasteiger partial charge in [0.2, 0.25) is 0 Å². The third-order valence-corrected chi connectivity index (χ3v) is 7.61. The number of aliphatic hydroxyl groups excluding tert-OH is 3. The predicted octanol–water partition coefficient (Wildman–Crippen LogP) is 3.13. The summed E-state index contributed by atoms with van der Waals surface area (Å²) in [5.74, 6) is 0.269. The van der Waals surface area contributed by atoms with Gasteiger partial charge in [0.25, 0.3) is 5.91 Å². The molecule has 2 aromatic carbocycles. The summed E-state index contributed by atoms with van der Waals surface area (Å²) in [4.78, 5) is 14.4. The fraction of sp³-hybridized carbons (Fsp3) is 0.320. The van der Waals surface area contributed by atoms with Crippen LogP contribution in [0.2, 0.25) is 5.02 Å². The average molecular weight is 517 g/mol. The Morgan fingerprint density at radius 2 is 2.09 bits per heavy atom. The summed E-state index contributed by atoms with van der Waals surface area (Å²) in [5.41, 5.74) is 1.25. The van der Waals surface area contributed by atoms with E-state index in [1.165, 1.54) is 0 Å². The number of rotatable bonds is 6. The molecule has 4 aromatic rings. The molecule has 3 heterocycles. The minimum absolute atomic E-state index is 0.0644. The number of nitrogens with one attached hydrogen (secondary N) is 1. The molecule has 4 N–H and O–H groups in total. The first-order chi connectivity index (χ1) is 16.9. The van der Waals surface area contributed by atoms with Gasteiger partial charge < -0.3 is 34.7 Å². The van der Waals surface area contributed by atoms with Crippen LogP contribution >= 0.6 is 22.9 Å². The lowest BCUT2D eigenvalue weighted by atomic mass is 10.0. The van der Waals surface area contributed by atoms with Crippen LogP contribution in [0.4, 0.5) is 0 Å². The second kappa shape index (κ2) is 9.77. The van der Waals surface area contributed by atoms with Crippen LogP contribution in [0.15, 0.2) is 48.7 Å². The summed E-state index contributed by atoms with van der Waals surface area (Å²) in [6.07, 6.45) is -1.38. The van der Waals surface area contributed by atoms with Gasteiger partial charge in [-0.3, -0.25) is 4.79 Å². The lowest BCUT2D eigenvalue weighted by molar-refractivity contribution is -0.219. The van der Waals surface area contributed by atoms with E-state index in [4.69, 9.17) is 21.1 Å². The first kappa shape index (κ1) is 24.1. The van der Waals surface area contributed by atoms with Crippen molar-refractivity contribution in [2.75, 3.05) is 13.7 Å². The fourth-order valence-corrected chi connectivity index (χ4v) is 5.68. The molecular weight excluding hydrogens is 492 g/mol. The molecule has 1 fully saturated rings. The molecule has 0 spiro atoms. The van der Waals surface area contributed by atoms with E-state index in [0.29, 0.717) is 22.9 Å². The first-order valence-corrected chi connectivity index (χ1v) is 12.3. The lowest BCUT2D eigenvalue weighted by Crippen LogP contribution is -2.55. The zero-order valence-corrected chi connectivity index (χ0v) is 20.4. The van der Waals surface area contributed by atoms with Gasteiger partial charge in [-0.1, -0.05) is 11.6 Å². The maximum atomic E-state index is 13.3. The number of amides is 1. The Hall–Kier alpha value is -2.66. The van der Waals surface area contributed by atoms with Gasteiger partial charge in [-0.2, -0.15) is 0 Å². The summed E-state index contributed by atoms with van der Waals surface area (Å²) in [6, 6.07) is 12.6. The van der Waals surface area contributed by atoms with Crippen molar-refractivity contribution >= 4 is 49.8 Å². The average Bonchev–Trinajstić information content (AvgIpc) is 3.41. The maximum absolute atomic E-state index is 13.3. The predicted molar refractivity (Wildman–Crippen MR) is 134 cm³/mol. The Balaban J connectivity index is 1.46. The van der Waals surface area contributed by atoms with Gasteiger partial charge in [-0.15, -0.1) is 11.3 Å². The van der Waals surface area contributed by atoms with Crippen LogP contribution in [-0.4, -0.2) is 64.1 Å². The van der Waals surface area contributed by atoms with E-state index >= 15 is 0 Å². The standard InChI is InChI=1S/C25H25ClN2O6S/c1-33-15-3-4-17-18(24(31)27-19-9-21(30)22(12-29)34-25(19)32)11-28(20(17)8-15)10-16-7-13-6-14(26)2-5-23(13)35-16/h2-8,11,19,21-22,25,29-30,32H,9-10,12H2,1H3,(H,27,31)/t19-,21+,22?,25?/m1/s1. The highest BCUT2D eigenvalue weighted by molar-refractivity contribution is 7.19. The quantitative estimate of drug-likeness (QED) is 0.313. The van der Waals surface area contributed by atoms with Gasteiger partial charge in [0.1, 0.15) is 11.9 Å². The van der Waals surface area contributed by atoms with Gasteiger partial charge in [-0.25, -0.2) is 0 Å². The molecule has 1 aliphatic heterocycles. The van der Waals surface area contributed by atoms with Crippen LogP contribution < -0.4 is 10.1 Å². The molecule has 8 nitrogen and oxygen atoms in total. The topological polar surface area (TPSA) is 113 Å². The van der Waals surface area contributed by atoms with Crippen LogP contribution in [0.5, 0.6) is 5.75 Å². The second-order valence-electron chi connectivity index (χ2n) is 8.58. The monoisotopic (exact) mass is 516 g/mol. The molecule has 5 rings (SSSR count). The summed E-state index contributed by atoms with van der Waals surface area (Å²) in [6.45, 7) is 0.123. The van der Waals surface area contributed by atoms with Crippen LogP contribution in [0.3, 0.4) is 0 Å². The molecule has 1 saturated heterocycles. The highest BCUT2D eigenvalue weighted by Gasteiger charge is 2.37. The minimum Gasteiger partial charge on any atom is -0.497 e. The summed E-state index contributed by atoms with van der Waals surface area (Å²) in [5, 5.41) is 34.9. The van der Waals surface area contributed by atoms with Crippen molar-refractivity contribution in [3.63, 3.8) is 0 Å². The molecule has 0 bridgehead atoms. The molecule has 2 aromatic heterocycles. The van der Waals surface area contributed by atoms with E-state index in [1.807, 2.05) is 34.9 Å². The van der Waals surface area contributed by atoms with E-state index in [2.05, 4.69) is 11.4 Å². The molecule has 10 heteroatoms. The highest BCUT2D eigenvalue weighted by Crippen LogP contribution is 2.32. The van der Waals surface area contributed by atoms with Gasteiger partial charge in [-0.05, 0) is 41.8 Å². The van der Waals surface area contributed by atoms with Crippen LogP contribution in [0.25, 0.3) is 21.0 Å². The molecule has 4 atom stereocenters. The number of carbonyl (C=O) groups is 1. The molecule has 0 radical (unpaired) electrons. The summed E-state index contributed by atoms with van der Waals surface area (Å²) in [7, 11) is 1.59. The van der Waals surface area contributed by atoms with Crippen molar-refractivity contribution in [3.8, 4) is 5.75 Å². The molecule has 1 aliphatic rings. The largest absolute Gasteiger partial charge is 0.497 e. The van der Waals surface area contributed by atoms with E-state index in [1.54, 1.807) is 30.7 Å². The first-order valence-electron chi connectivity index (χ1n) is 11.1. The number of hydrogen-bond acceptors (Lipinski definition) is 7. The van der Waals surface area contributed by atoms with Crippen molar-refractivity contribution in [3.05, 3.63) is 64.1 Å². The van der Waals surface area contributed by atoms with Crippen molar-refractivity contribution in [2.45, 2.75) is 37.5 Å². The number of halogens is 1. The minimum atomic E-state index is -1.33. The SMILES string of the molecule is COc1ccc2c(C(=O)N[C@@H]3C[C@H](O)C(CO)OC3O)cn(Cc3cc4cc(Cl)ccc4s3)c2c1. The van der Waals surface area contributed by atoms with Crippen molar-refractivity contribution < 1.29 is 29.6 Å². The number of thiophene rings is 1. The normalized spacial score (nSPS) is 22.5. The number of methoxy groups -OCH3 is 1. The Morgan fingerprint density at radius 3 is 2.86 bits per heavy atom. The second-order valence-corrected chi connectivity index (χ2v) is 10.2. The summed E-state index contributed by atoms with van der Waals surface area (Å²) < 4.78 is 13.8. The third-order valence-electron chi connectivity index (χ3n) is 6.27. The number of benzene rings is 2. The Bertz CT molecular complexity index is 1390. The Labute approximate surface area is 210 Å². The lowest BCUT2D eigenvalue weighted by Gasteiger charge is -2.36. The van der Waals surface area contributed by atoms with Gasteiger partial charge in [0, 0.05) is 38.7 Å². The number of nitrogens with zero attached hydrogens (tertiary/aromatic N) is 1. The molecule has 35 heavy (non-hydrogen) atoms. The zero-order chi connectivity index (χ0) is 24.7. The van der Waals surface area contributed by atoms with E-state index in [9.17, 15) is 20.1 Å². The Kier molecular flexibility index (Phi) is 6.71. The van der Waals surface area contributed by atoms with E-state index in [0.717, 1.165) is 25.9 Å². The smallest absolute Gasteiger partial charge is 0.253 e. The molecule has 2 unspecified atom stereocenters. The van der Waals surface area contributed by atoms with Crippen LogP contribution in [0, 0.1) is 0 Å². The van der Waals surface area contributed by atoms with Gasteiger partial charge >= 0.3 is 0 Å². The maximum Gasteiger partial charge on any atom is 0.253 e. The van der Waals surface area contributed by atoms with E-state index < -0.39 is 37.1 Å². The molecule has 0 aliphatic carbocycles. The molecule has 184 valence electrons. The van der Waals surface area contributed by atoms with Gasteiger partial charge in [0.15, 0.2) is 6.29 Å². The molecular formula is C25H25ClN2O6S. The number of fused-ring (bicyclic) bond motifs is 2. The number of hydrogen-bond donors (Lipinski definition) is 4. The van der Waals surface area contributed by atoms with Gasteiger partial charge in [0.05, 0.1) is 43.5 Å². The number of carbonyl (C=O) groups excluding carboxylic acids is 1. The van der Waals surface area contributed by atoms with Crippen molar-refractivity contribution in [1.82, 2.24) is 9.88 Å². The number of ether oxygens (including phenoxy) is 2. The number of aliphatic hydroxyl groups is 3.